The Bertz CT molecular complexity index is 392. The van der Waals surface area contributed by atoms with Gasteiger partial charge in [-0.2, -0.15) is 0 Å². The molecule has 1 aromatic rings. The summed E-state index contributed by atoms with van der Waals surface area (Å²) in [6.07, 6.45) is 1.63. The molecule has 21 heavy (non-hydrogen) atoms. The van der Waals surface area contributed by atoms with Crippen molar-refractivity contribution in [2.45, 2.75) is 32.6 Å². The lowest BCUT2D eigenvalue weighted by atomic mass is 10.2. The summed E-state index contributed by atoms with van der Waals surface area (Å²) in [5.41, 5.74) is 1.12. The molecule has 5 nitrogen and oxygen atoms in total. The summed E-state index contributed by atoms with van der Waals surface area (Å²) in [5.74, 6) is 0. The number of aromatic nitrogens is 1. The van der Waals surface area contributed by atoms with E-state index in [9.17, 15) is 5.11 Å². The number of rotatable bonds is 7. The monoisotopic (exact) mass is 293 g/mol. The van der Waals surface area contributed by atoms with Gasteiger partial charge in [0.2, 0.25) is 0 Å². The van der Waals surface area contributed by atoms with Crippen molar-refractivity contribution >= 4 is 0 Å². The number of aliphatic hydroxyl groups excluding tert-OH is 1. The molecule has 0 spiro atoms. The maximum Gasteiger partial charge on any atom is 0.0900 e. The number of aliphatic hydroxyl groups is 1. The van der Waals surface area contributed by atoms with E-state index in [2.05, 4.69) is 20.9 Å². The summed E-state index contributed by atoms with van der Waals surface area (Å²) in [7, 11) is 0. The maximum atomic E-state index is 9.96. The van der Waals surface area contributed by atoms with E-state index < -0.39 is 6.10 Å². The fourth-order valence-corrected chi connectivity index (χ4v) is 2.51. The van der Waals surface area contributed by atoms with Crippen molar-refractivity contribution in [3.63, 3.8) is 0 Å². The number of ether oxygens (including phenoxy) is 1. The molecule has 2 heterocycles. The second-order valence-electron chi connectivity index (χ2n) is 5.93. The molecule has 1 N–H and O–H groups in total. The highest BCUT2D eigenvalue weighted by atomic mass is 16.5. The van der Waals surface area contributed by atoms with Crippen LogP contribution in [-0.4, -0.2) is 71.4 Å². The Morgan fingerprint density at radius 2 is 1.90 bits per heavy atom. The third-order valence-corrected chi connectivity index (χ3v) is 3.67. The number of hydrogen-bond donors (Lipinski definition) is 1. The number of hydrogen-bond acceptors (Lipinski definition) is 5. The van der Waals surface area contributed by atoms with Gasteiger partial charge in [0.25, 0.3) is 0 Å². The van der Waals surface area contributed by atoms with Gasteiger partial charge in [0.15, 0.2) is 0 Å². The minimum absolute atomic E-state index is 0.176. The Kier molecular flexibility index (Phi) is 6.57. The summed E-state index contributed by atoms with van der Waals surface area (Å²) in [5, 5.41) is 9.96. The first-order chi connectivity index (χ1) is 10.1. The van der Waals surface area contributed by atoms with E-state index in [-0.39, 0.29) is 6.10 Å². The number of piperazine rings is 1. The van der Waals surface area contributed by atoms with Crippen molar-refractivity contribution < 1.29 is 9.84 Å². The van der Waals surface area contributed by atoms with Gasteiger partial charge in [-0.3, -0.25) is 14.8 Å². The molecule has 2 rings (SSSR count). The van der Waals surface area contributed by atoms with Crippen LogP contribution in [0.5, 0.6) is 0 Å². The average Bonchev–Trinajstić information content (AvgIpc) is 2.48. The first kappa shape index (κ1) is 16.4. The number of pyridine rings is 1. The van der Waals surface area contributed by atoms with E-state index in [0.29, 0.717) is 13.2 Å². The Hall–Kier alpha value is -1.01. The van der Waals surface area contributed by atoms with Crippen LogP contribution in [0.4, 0.5) is 0 Å². The average molecular weight is 293 g/mol. The van der Waals surface area contributed by atoms with Gasteiger partial charge in [-0.15, -0.1) is 0 Å². The van der Waals surface area contributed by atoms with Gasteiger partial charge >= 0.3 is 0 Å². The van der Waals surface area contributed by atoms with Crippen molar-refractivity contribution in [3.05, 3.63) is 30.1 Å². The van der Waals surface area contributed by atoms with Crippen molar-refractivity contribution in [3.8, 4) is 0 Å². The van der Waals surface area contributed by atoms with Gasteiger partial charge in [0.1, 0.15) is 0 Å². The quantitative estimate of drug-likeness (QED) is 0.812. The Labute approximate surface area is 127 Å². The van der Waals surface area contributed by atoms with E-state index >= 15 is 0 Å². The normalized spacial score (nSPS) is 19.0. The number of β-amino-alcohol motifs (C(OH)–C–C–N with tert-alkyl or cyclic N) is 1. The van der Waals surface area contributed by atoms with Crippen LogP contribution in [0.25, 0.3) is 0 Å². The van der Waals surface area contributed by atoms with Gasteiger partial charge in [-0.05, 0) is 26.0 Å². The van der Waals surface area contributed by atoms with Gasteiger partial charge in [-0.25, -0.2) is 0 Å². The van der Waals surface area contributed by atoms with Crippen LogP contribution in [0, 0.1) is 0 Å². The third-order valence-electron chi connectivity index (χ3n) is 3.67. The molecule has 0 amide bonds. The van der Waals surface area contributed by atoms with Crippen LogP contribution in [0.2, 0.25) is 0 Å². The fraction of sp³-hybridized carbons (Fsp3) is 0.688. The Morgan fingerprint density at radius 3 is 2.52 bits per heavy atom. The predicted octanol–water partition coefficient (Wildman–Crippen LogP) is 0.985. The minimum atomic E-state index is -0.394. The lowest BCUT2D eigenvalue weighted by Crippen LogP contribution is -2.48. The van der Waals surface area contributed by atoms with Gasteiger partial charge in [-0.1, -0.05) is 6.07 Å². The zero-order valence-corrected chi connectivity index (χ0v) is 13.1. The summed E-state index contributed by atoms with van der Waals surface area (Å²) in [6.45, 7) is 10.0. The summed E-state index contributed by atoms with van der Waals surface area (Å²) < 4.78 is 5.45. The van der Waals surface area contributed by atoms with Crippen LogP contribution in [0.15, 0.2) is 24.4 Å². The van der Waals surface area contributed by atoms with Crippen molar-refractivity contribution in [1.82, 2.24) is 14.8 Å². The molecule has 0 saturated carbocycles. The minimum Gasteiger partial charge on any atom is -0.389 e. The molecule has 1 fully saturated rings. The van der Waals surface area contributed by atoms with Crippen LogP contribution in [0.1, 0.15) is 19.5 Å². The van der Waals surface area contributed by atoms with E-state index in [1.807, 2.05) is 32.2 Å². The molecule has 0 aliphatic carbocycles. The van der Waals surface area contributed by atoms with E-state index in [0.717, 1.165) is 38.4 Å². The first-order valence-electron chi connectivity index (χ1n) is 7.78. The smallest absolute Gasteiger partial charge is 0.0900 e. The number of nitrogens with zero attached hydrogens (tertiary/aromatic N) is 3. The summed E-state index contributed by atoms with van der Waals surface area (Å²) in [6, 6.07) is 6.05. The molecular formula is C16H27N3O2. The molecule has 1 unspecified atom stereocenters. The zero-order chi connectivity index (χ0) is 15.1. The molecular weight excluding hydrogens is 266 g/mol. The second kappa shape index (κ2) is 8.44. The molecule has 118 valence electrons. The Balaban J connectivity index is 1.66. The molecule has 1 saturated heterocycles. The SMILES string of the molecule is CC(C)OCC(O)CN1CCN(Cc2ccccn2)CC1. The molecule has 1 aromatic heterocycles. The van der Waals surface area contributed by atoms with Crippen LogP contribution < -0.4 is 0 Å². The Morgan fingerprint density at radius 1 is 1.19 bits per heavy atom. The largest absolute Gasteiger partial charge is 0.389 e. The van der Waals surface area contributed by atoms with Crippen molar-refractivity contribution in [2.24, 2.45) is 0 Å². The highest BCUT2D eigenvalue weighted by molar-refractivity contribution is 5.03. The van der Waals surface area contributed by atoms with Crippen molar-refractivity contribution in [2.75, 3.05) is 39.3 Å². The lowest BCUT2D eigenvalue weighted by Gasteiger charge is -2.35. The first-order valence-corrected chi connectivity index (χ1v) is 7.78. The van der Waals surface area contributed by atoms with Crippen LogP contribution >= 0.6 is 0 Å². The predicted molar refractivity (Wildman–Crippen MR) is 83.0 cm³/mol. The highest BCUT2D eigenvalue weighted by Gasteiger charge is 2.19. The summed E-state index contributed by atoms with van der Waals surface area (Å²) >= 11 is 0. The van der Waals surface area contributed by atoms with Gasteiger partial charge in [0.05, 0.1) is 24.5 Å². The van der Waals surface area contributed by atoms with Crippen molar-refractivity contribution in [1.29, 1.82) is 0 Å². The molecule has 5 heteroatoms. The topological polar surface area (TPSA) is 48.8 Å². The summed E-state index contributed by atoms with van der Waals surface area (Å²) in [4.78, 5) is 9.09. The van der Waals surface area contributed by atoms with E-state index in [1.165, 1.54) is 0 Å². The maximum absolute atomic E-state index is 9.96. The highest BCUT2D eigenvalue weighted by Crippen LogP contribution is 2.07. The van der Waals surface area contributed by atoms with E-state index in [4.69, 9.17) is 4.74 Å². The van der Waals surface area contributed by atoms with E-state index in [1.54, 1.807) is 0 Å². The molecule has 0 radical (unpaired) electrons. The lowest BCUT2D eigenvalue weighted by molar-refractivity contribution is -0.0149. The van der Waals surface area contributed by atoms with Crippen LogP contribution in [-0.2, 0) is 11.3 Å². The standard InChI is InChI=1S/C16H27N3O2/c1-14(2)21-13-16(20)12-19-9-7-18(8-10-19)11-15-5-3-4-6-17-15/h3-6,14,16,20H,7-13H2,1-2H3. The second-order valence-corrected chi connectivity index (χ2v) is 5.93. The van der Waals surface area contributed by atoms with Crippen LogP contribution in [0.3, 0.4) is 0 Å². The zero-order valence-electron chi connectivity index (χ0n) is 13.1. The third kappa shape index (κ3) is 6.09. The van der Waals surface area contributed by atoms with Gasteiger partial charge < -0.3 is 9.84 Å². The molecule has 1 aliphatic rings. The molecule has 0 bridgehead atoms. The fourth-order valence-electron chi connectivity index (χ4n) is 2.51. The molecule has 1 atom stereocenters. The molecule has 0 aromatic carbocycles. The van der Waals surface area contributed by atoms with Gasteiger partial charge in [0, 0.05) is 45.5 Å². The molecule has 1 aliphatic heterocycles.